The smallest absolute Gasteiger partial charge is 0.193 e. The van der Waals surface area contributed by atoms with Crippen LogP contribution in [0.15, 0.2) is 53.1 Å². The van der Waals surface area contributed by atoms with Crippen molar-refractivity contribution in [3.05, 3.63) is 59.4 Å². The van der Waals surface area contributed by atoms with Crippen LogP contribution in [0, 0.1) is 0 Å². The van der Waals surface area contributed by atoms with Gasteiger partial charge in [0.25, 0.3) is 0 Å². The summed E-state index contributed by atoms with van der Waals surface area (Å²) in [5, 5.41) is 10.9. The SMILES string of the molecule is CN=C(NCc1csc(-c2ccccc2)n1)N1CCC(c2cnn(C)c2)C1.I. The van der Waals surface area contributed by atoms with E-state index >= 15 is 0 Å². The van der Waals surface area contributed by atoms with Gasteiger partial charge in [0.15, 0.2) is 5.96 Å². The van der Waals surface area contributed by atoms with Gasteiger partial charge in [-0.1, -0.05) is 30.3 Å². The lowest BCUT2D eigenvalue weighted by atomic mass is 10.0. The van der Waals surface area contributed by atoms with Crippen LogP contribution >= 0.6 is 35.3 Å². The first kappa shape index (κ1) is 20.8. The molecule has 0 saturated carbocycles. The largest absolute Gasteiger partial charge is 0.351 e. The van der Waals surface area contributed by atoms with Crippen LogP contribution in [0.3, 0.4) is 0 Å². The predicted octanol–water partition coefficient (Wildman–Crippen LogP) is 3.73. The lowest BCUT2D eigenvalue weighted by molar-refractivity contribution is 0.485. The Hall–Kier alpha value is -1.94. The summed E-state index contributed by atoms with van der Waals surface area (Å²) in [6, 6.07) is 10.3. The molecule has 4 rings (SSSR count). The van der Waals surface area contributed by atoms with Gasteiger partial charge in [-0.3, -0.25) is 9.67 Å². The van der Waals surface area contributed by atoms with E-state index in [1.54, 1.807) is 11.3 Å². The summed E-state index contributed by atoms with van der Waals surface area (Å²) in [6.45, 7) is 2.66. The van der Waals surface area contributed by atoms with Gasteiger partial charge >= 0.3 is 0 Å². The maximum Gasteiger partial charge on any atom is 0.193 e. The second-order valence-corrected chi connectivity index (χ2v) is 7.65. The van der Waals surface area contributed by atoms with E-state index in [4.69, 9.17) is 4.98 Å². The summed E-state index contributed by atoms with van der Waals surface area (Å²) in [5.41, 5.74) is 3.52. The minimum Gasteiger partial charge on any atom is -0.351 e. The van der Waals surface area contributed by atoms with Crippen LogP contribution in [0.5, 0.6) is 0 Å². The van der Waals surface area contributed by atoms with Gasteiger partial charge in [0.2, 0.25) is 0 Å². The number of halogens is 1. The molecule has 0 bridgehead atoms. The molecule has 1 saturated heterocycles. The van der Waals surface area contributed by atoms with Crippen molar-refractivity contribution in [2.45, 2.75) is 18.9 Å². The van der Waals surface area contributed by atoms with E-state index in [2.05, 4.69) is 44.0 Å². The molecule has 1 fully saturated rings. The highest BCUT2D eigenvalue weighted by Gasteiger charge is 2.26. The first-order valence-corrected chi connectivity index (χ1v) is 10.0. The molecule has 1 aliphatic heterocycles. The number of rotatable bonds is 4. The number of guanidine groups is 1. The molecular formula is C20H25IN6S. The minimum atomic E-state index is 0. The van der Waals surface area contributed by atoms with Crippen LogP contribution in [-0.4, -0.2) is 45.8 Å². The third kappa shape index (κ3) is 4.72. The fourth-order valence-corrected chi connectivity index (χ4v) is 4.30. The quantitative estimate of drug-likeness (QED) is 0.332. The minimum absolute atomic E-state index is 0. The van der Waals surface area contributed by atoms with Crippen LogP contribution in [0.1, 0.15) is 23.6 Å². The molecule has 1 unspecified atom stereocenters. The second-order valence-electron chi connectivity index (χ2n) is 6.79. The van der Waals surface area contributed by atoms with Crippen molar-refractivity contribution in [1.82, 2.24) is 25.0 Å². The molecule has 6 nitrogen and oxygen atoms in total. The third-order valence-corrected chi connectivity index (χ3v) is 5.84. The molecule has 2 aromatic heterocycles. The van der Waals surface area contributed by atoms with E-state index in [0.717, 1.165) is 41.7 Å². The van der Waals surface area contributed by atoms with Crippen molar-refractivity contribution in [2.24, 2.45) is 12.0 Å². The van der Waals surface area contributed by atoms with Gasteiger partial charge in [-0.15, -0.1) is 35.3 Å². The number of aryl methyl sites for hydroxylation is 1. The number of thiazole rings is 1. The van der Waals surface area contributed by atoms with E-state index in [0.29, 0.717) is 12.5 Å². The summed E-state index contributed by atoms with van der Waals surface area (Å²) in [4.78, 5) is 11.5. The number of hydrogen-bond acceptors (Lipinski definition) is 4. The molecule has 0 amide bonds. The molecule has 1 aliphatic rings. The van der Waals surface area contributed by atoms with Gasteiger partial charge in [0.1, 0.15) is 5.01 Å². The number of aliphatic imine (C=N–C) groups is 1. The van der Waals surface area contributed by atoms with E-state index < -0.39 is 0 Å². The molecular weight excluding hydrogens is 483 g/mol. The number of benzene rings is 1. The summed E-state index contributed by atoms with van der Waals surface area (Å²) in [7, 11) is 3.81. The summed E-state index contributed by atoms with van der Waals surface area (Å²) in [6.07, 6.45) is 5.22. The first-order chi connectivity index (χ1) is 13.2. The molecule has 1 atom stereocenters. The van der Waals surface area contributed by atoms with E-state index in [-0.39, 0.29) is 24.0 Å². The fourth-order valence-electron chi connectivity index (χ4n) is 3.48. The standard InChI is InChI=1S/C20H24N6S.HI/c1-21-20(26-9-8-16(13-26)17-10-23-25(2)12-17)22-11-18-14-27-19(24-18)15-6-4-3-5-7-15;/h3-7,10,12,14,16H,8-9,11,13H2,1-2H3,(H,21,22);1H. The Morgan fingerprint density at radius 3 is 2.86 bits per heavy atom. The van der Waals surface area contributed by atoms with Gasteiger partial charge in [0, 0.05) is 50.2 Å². The third-order valence-electron chi connectivity index (χ3n) is 4.90. The van der Waals surface area contributed by atoms with E-state index in [1.165, 1.54) is 5.56 Å². The van der Waals surface area contributed by atoms with Crippen molar-refractivity contribution < 1.29 is 0 Å². The average Bonchev–Trinajstić information content (AvgIpc) is 3.44. The zero-order valence-electron chi connectivity index (χ0n) is 16.1. The highest BCUT2D eigenvalue weighted by atomic mass is 127. The Morgan fingerprint density at radius 2 is 2.14 bits per heavy atom. The number of nitrogens with zero attached hydrogens (tertiary/aromatic N) is 5. The number of nitrogens with one attached hydrogen (secondary N) is 1. The molecule has 1 N–H and O–H groups in total. The van der Waals surface area contributed by atoms with Gasteiger partial charge < -0.3 is 10.2 Å². The highest BCUT2D eigenvalue weighted by molar-refractivity contribution is 14.0. The van der Waals surface area contributed by atoms with E-state index in [1.807, 2.05) is 43.2 Å². The van der Waals surface area contributed by atoms with Crippen LogP contribution in [0.25, 0.3) is 10.6 Å². The van der Waals surface area contributed by atoms with Crippen molar-refractivity contribution in [3.8, 4) is 10.6 Å². The predicted molar refractivity (Wildman–Crippen MR) is 125 cm³/mol. The topological polar surface area (TPSA) is 58.3 Å². The zero-order valence-corrected chi connectivity index (χ0v) is 19.2. The first-order valence-electron chi connectivity index (χ1n) is 9.17. The maximum atomic E-state index is 4.75. The molecule has 0 spiro atoms. The molecule has 0 radical (unpaired) electrons. The van der Waals surface area contributed by atoms with Gasteiger partial charge in [0.05, 0.1) is 18.4 Å². The molecule has 1 aromatic carbocycles. The van der Waals surface area contributed by atoms with Gasteiger partial charge in [-0.25, -0.2) is 4.98 Å². The lowest BCUT2D eigenvalue weighted by Gasteiger charge is -2.21. The Kier molecular flexibility index (Phi) is 7.06. The molecule has 28 heavy (non-hydrogen) atoms. The summed E-state index contributed by atoms with van der Waals surface area (Å²) < 4.78 is 1.87. The monoisotopic (exact) mass is 508 g/mol. The van der Waals surface area contributed by atoms with Crippen molar-refractivity contribution >= 4 is 41.3 Å². The Balaban J connectivity index is 0.00000225. The number of likely N-dealkylation sites (tertiary alicyclic amines) is 1. The Morgan fingerprint density at radius 1 is 1.32 bits per heavy atom. The number of aromatic nitrogens is 3. The van der Waals surface area contributed by atoms with E-state index in [9.17, 15) is 0 Å². The Labute approximate surface area is 186 Å². The normalized spacial score (nSPS) is 16.9. The van der Waals surface area contributed by atoms with Crippen molar-refractivity contribution in [1.29, 1.82) is 0 Å². The lowest BCUT2D eigenvalue weighted by Crippen LogP contribution is -2.39. The summed E-state index contributed by atoms with van der Waals surface area (Å²) in [5.74, 6) is 1.46. The molecule has 3 aromatic rings. The van der Waals surface area contributed by atoms with Gasteiger partial charge in [-0.05, 0) is 12.0 Å². The maximum absolute atomic E-state index is 4.75. The van der Waals surface area contributed by atoms with Crippen LogP contribution in [-0.2, 0) is 13.6 Å². The van der Waals surface area contributed by atoms with Crippen LogP contribution in [0.4, 0.5) is 0 Å². The van der Waals surface area contributed by atoms with Crippen LogP contribution in [0.2, 0.25) is 0 Å². The van der Waals surface area contributed by atoms with Gasteiger partial charge in [-0.2, -0.15) is 5.10 Å². The van der Waals surface area contributed by atoms with Crippen LogP contribution < -0.4 is 5.32 Å². The molecule has 8 heteroatoms. The fraction of sp³-hybridized carbons (Fsp3) is 0.350. The number of hydrogen-bond donors (Lipinski definition) is 1. The van der Waals surface area contributed by atoms with Crippen molar-refractivity contribution in [2.75, 3.05) is 20.1 Å². The summed E-state index contributed by atoms with van der Waals surface area (Å²) >= 11 is 1.68. The van der Waals surface area contributed by atoms with Crippen molar-refractivity contribution in [3.63, 3.8) is 0 Å². The molecule has 3 heterocycles. The highest BCUT2D eigenvalue weighted by Crippen LogP contribution is 2.27. The average molecular weight is 508 g/mol. The molecule has 0 aliphatic carbocycles. The molecule has 148 valence electrons. The Bertz CT molecular complexity index is 920. The zero-order chi connectivity index (χ0) is 18.6. The second kappa shape index (κ2) is 9.51.